The van der Waals surface area contributed by atoms with E-state index < -0.39 is 0 Å². The maximum atomic E-state index is 10.6. The van der Waals surface area contributed by atoms with Gasteiger partial charge in [-0.05, 0) is 54.6 Å². The first kappa shape index (κ1) is 22.6. The molecule has 0 saturated carbocycles. The summed E-state index contributed by atoms with van der Waals surface area (Å²) in [5.41, 5.74) is 9.95. The number of hydrogen-bond donors (Lipinski definition) is 4. The molecule has 164 valence electrons. The summed E-state index contributed by atoms with van der Waals surface area (Å²) in [6.07, 6.45) is 2.08. The van der Waals surface area contributed by atoms with Crippen molar-refractivity contribution in [1.29, 1.82) is 0 Å². The van der Waals surface area contributed by atoms with Crippen molar-refractivity contribution in [3.8, 4) is 22.8 Å². The van der Waals surface area contributed by atoms with E-state index in [9.17, 15) is 10.2 Å². The van der Waals surface area contributed by atoms with Crippen LogP contribution in [0.2, 0.25) is 0 Å². The molecule has 1 atom stereocenters. The number of anilines is 1. The first-order valence-corrected chi connectivity index (χ1v) is 10.3. The summed E-state index contributed by atoms with van der Waals surface area (Å²) in [7, 11) is 0. The number of aromatic hydroxyl groups is 1. The largest absolute Gasteiger partial charge is 0.507 e. The minimum Gasteiger partial charge on any atom is -0.507 e. The van der Waals surface area contributed by atoms with E-state index in [0.29, 0.717) is 29.2 Å². The highest BCUT2D eigenvalue weighted by Crippen LogP contribution is 2.40. The molecule has 1 aromatic heterocycles. The van der Waals surface area contributed by atoms with Crippen LogP contribution in [0.1, 0.15) is 42.9 Å². The molecule has 0 amide bonds. The van der Waals surface area contributed by atoms with Gasteiger partial charge in [0.05, 0.1) is 17.9 Å². The zero-order valence-electron chi connectivity index (χ0n) is 16.8. The van der Waals surface area contributed by atoms with Gasteiger partial charge < -0.3 is 26.0 Å². The van der Waals surface area contributed by atoms with Gasteiger partial charge in [0.25, 0.3) is 0 Å². The van der Waals surface area contributed by atoms with Crippen LogP contribution in [0.25, 0.3) is 11.3 Å². The average Bonchev–Trinajstić information content (AvgIpc) is 2.78. The zero-order valence-corrected chi connectivity index (χ0v) is 16.8. The highest BCUT2D eigenvalue weighted by molar-refractivity contribution is 5.76. The van der Waals surface area contributed by atoms with Gasteiger partial charge in [0, 0.05) is 12.1 Å². The smallest absolute Gasteiger partial charge is 0.132 e. The van der Waals surface area contributed by atoms with E-state index in [1.165, 1.54) is 0 Å². The molecule has 1 saturated heterocycles. The first-order valence-electron chi connectivity index (χ1n) is 10.3. The van der Waals surface area contributed by atoms with E-state index in [-0.39, 0.29) is 31.5 Å². The van der Waals surface area contributed by atoms with Crippen LogP contribution in [-0.4, -0.2) is 28.3 Å². The van der Waals surface area contributed by atoms with Crippen molar-refractivity contribution >= 4 is 5.82 Å². The van der Waals surface area contributed by atoms with Crippen LogP contribution in [0.3, 0.4) is 0 Å². The lowest BCUT2D eigenvalue weighted by Gasteiger charge is -2.26. The number of nitrogen functional groups attached to an aromatic ring is 1. The Bertz CT molecular complexity index is 1000. The van der Waals surface area contributed by atoms with Crippen LogP contribution < -0.4 is 15.8 Å². The number of aromatic nitrogens is 1. The number of ether oxygens (including phenoxy) is 1. The van der Waals surface area contributed by atoms with Crippen LogP contribution in [0.4, 0.5) is 5.82 Å². The molecular formula is C25H31N3O3. The van der Waals surface area contributed by atoms with Crippen molar-refractivity contribution in [2.45, 2.75) is 39.4 Å². The Kier molecular flexibility index (Phi) is 7.50. The van der Waals surface area contributed by atoms with E-state index in [1.54, 1.807) is 12.1 Å². The number of nitrogens with zero attached hydrogens (tertiary/aromatic N) is 1. The van der Waals surface area contributed by atoms with Gasteiger partial charge in [-0.25, -0.2) is 4.98 Å². The number of phenols is 1. The molecule has 0 bridgehead atoms. The second-order valence-electron chi connectivity index (χ2n) is 7.59. The van der Waals surface area contributed by atoms with Gasteiger partial charge in [-0.1, -0.05) is 43.8 Å². The summed E-state index contributed by atoms with van der Waals surface area (Å²) in [4.78, 5) is 4.50. The van der Waals surface area contributed by atoms with Crippen LogP contribution in [0, 0.1) is 0 Å². The normalized spacial score (nSPS) is 15.8. The number of aliphatic hydroxyl groups is 1. The molecule has 1 fully saturated rings. The number of piperidine rings is 1. The predicted octanol–water partition coefficient (Wildman–Crippen LogP) is 4.21. The fourth-order valence-corrected chi connectivity index (χ4v) is 4.03. The molecule has 0 radical (unpaired) electrons. The second-order valence-corrected chi connectivity index (χ2v) is 7.59. The number of nitrogens with two attached hydrogens (primary N) is 1. The van der Waals surface area contributed by atoms with Gasteiger partial charge in [0.2, 0.25) is 0 Å². The maximum Gasteiger partial charge on any atom is 0.132 e. The van der Waals surface area contributed by atoms with Crippen molar-refractivity contribution in [1.82, 2.24) is 10.3 Å². The zero-order chi connectivity index (χ0) is 20.9. The monoisotopic (exact) mass is 421 g/mol. The summed E-state index contributed by atoms with van der Waals surface area (Å²) in [5, 5.41) is 23.9. The topological polar surface area (TPSA) is 101 Å². The van der Waals surface area contributed by atoms with Gasteiger partial charge in [0.1, 0.15) is 23.9 Å². The maximum absolute atomic E-state index is 10.6. The fraction of sp³-hybridized carbons (Fsp3) is 0.320. The molecule has 2 aromatic carbocycles. The number of aliphatic hydroxyl groups excluding tert-OH is 1. The van der Waals surface area contributed by atoms with Crippen LogP contribution in [0.15, 0.2) is 54.6 Å². The SMILES string of the molecule is C.Nc1nc(-c2c(O)cccc2OCc2ccccc2)cc(C2CCCNC2)c1CO. The Hall–Kier alpha value is -3.09. The number of phenolic OH excluding ortho intramolecular Hbond substituents is 1. The minimum absolute atomic E-state index is 0. The third-order valence-corrected chi connectivity index (χ3v) is 5.58. The number of nitrogens with one attached hydrogen (secondary N) is 1. The van der Waals surface area contributed by atoms with Crippen LogP contribution in [0.5, 0.6) is 11.5 Å². The van der Waals surface area contributed by atoms with Gasteiger partial charge in [0.15, 0.2) is 0 Å². The molecule has 1 aliphatic rings. The van der Waals surface area contributed by atoms with E-state index in [2.05, 4.69) is 10.3 Å². The van der Waals surface area contributed by atoms with Crippen LogP contribution in [-0.2, 0) is 13.2 Å². The fourth-order valence-electron chi connectivity index (χ4n) is 4.03. The molecule has 1 unspecified atom stereocenters. The number of rotatable bonds is 6. The van der Waals surface area contributed by atoms with Gasteiger partial charge >= 0.3 is 0 Å². The average molecular weight is 422 g/mol. The Morgan fingerprint density at radius 1 is 1.13 bits per heavy atom. The summed E-state index contributed by atoms with van der Waals surface area (Å²) in [6, 6.07) is 17.0. The Labute approximate surface area is 183 Å². The number of benzene rings is 2. The van der Waals surface area contributed by atoms with E-state index >= 15 is 0 Å². The van der Waals surface area contributed by atoms with Crippen molar-refractivity contribution in [3.05, 3.63) is 71.3 Å². The molecule has 5 N–H and O–H groups in total. The Morgan fingerprint density at radius 2 is 1.94 bits per heavy atom. The molecule has 3 aromatic rings. The first-order chi connectivity index (χ1) is 14.7. The highest BCUT2D eigenvalue weighted by atomic mass is 16.5. The Balaban J connectivity index is 0.00000272. The molecule has 6 heteroatoms. The molecule has 1 aliphatic heterocycles. The van der Waals surface area contributed by atoms with E-state index in [1.807, 2.05) is 42.5 Å². The Morgan fingerprint density at radius 3 is 2.65 bits per heavy atom. The van der Waals surface area contributed by atoms with Gasteiger partial charge in [-0.3, -0.25) is 0 Å². The number of pyridine rings is 1. The molecule has 0 spiro atoms. The highest BCUT2D eigenvalue weighted by Gasteiger charge is 2.23. The third kappa shape index (κ3) is 4.98. The quantitative estimate of drug-likeness (QED) is 0.476. The molecule has 6 nitrogen and oxygen atoms in total. The van der Waals surface area contributed by atoms with Crippen molar-refractivity contribution in [2.24, 2.45) is 0 Å². The lowest BCUT2D eigenvalue weighted by Crippen LogP contribution is -2.29. The van der Waals surface area contributed by atoms with Gasteiger partial charge in [-0.15, -0.1) is 0 Å². The van der Waals surface area contributed by atoms with Crippen molar-refractivity contribution in [3.63, 3.8) is 0 Å². The summed E-state index contributed by atoms with van der Waals surface area (Å²) in [6.45, 7) is 2.04. The minimum atomic E-state index is -0.164. The van der Waals surface area contributed by atoms with Crippen LogP contribution >= 0.6 is 0 Å². The summed E-state index contributed by atoms with van der Waals surface area (Å²) >= 11 is 0. The van der Waals surface area contributed by atoms with E-state index in [0.717, 1.165) is 37.1 Å². The standard InChI is InChI=1S/C24H27N3O3.CH4/c25-24-19(14-28)18(17-8-5-11-26-13-17)12-20(27-24)23-21(29)9-4-10-22(23)30-15-16-6-2-1-3-7-16;/h1-4,6-7,9-10,12,17,26,28-29H,5,8,11,13-15H2,(H2,25,27);1H4. The molecule has 4 rings (SSSR count). The number of hydrogen-bond acceptors (Lipinski definition) is 6. The second kappa shape index (κ2) is 10.3. The van der Waals surface area contributed by atoms with Crippen molar-refractivity contribution in [2.75, 3.05) is 18.8 Å². The molecular weight excluding hydrogens is 390 g/mol. The lowest BCUT2D eigenvalue weighted by atomic mass is 9.87. The van der Waals surface area contributed by atoms with E-state index in [4.69, 9.17) is 10.5 Å². The summed E-state index contributed by atoms with van der Waals surface area (Å²) < 4.78 is 6.04. The predicted molar refractivity (Wildman–Crippen MR) is 124 cm³/mol. The lowest BCUT2D eigenvalue weighted by molar-refractivity contribution is 0.279. The summed E-state index contributed by atoms with van der Waals surface area (Å²) in [5.74, 6) is 1.14. The molecule has 0 aliphatic carbocycles. The molecule has 31 heavy (non-hydrogen) atoms. The molecule has 2 heterocycles. The third-order valence-electron chi connectivity index (χ3n) is 5.58. The van der Waals surface area contributed by atoms with Gasteiger partial charge in [-0.2, -0.15) is 0 Å². The van der Waals surface area contributed by atoms with Crippen molar-refractivity contribution < 1.29 is 14.9 Å².